The van der Waals surface area contributed by atoms with Gasteiger partial charge in [0, 0.05) is 32.0 Å². The lowest BCUT2D eigenvalue weighted by molar-refractivity contribution is -0.142. The van der Waals surface area contributed by atoms with Crippen LogP contribution in [0, 0.1) is 0 Å². The van der Waals surface area contributed by atoms with Crippen molar-refractivity contribution in [1.82, 2.24) is 9.80 Å². The largest absolute Gasteiger partial charge is 0.300 e. The highest BCUT2D eigenvalue weighted by atomic mass is 16.2. The highest BCUT2D eigenvalue weighted by molar-refractivity contribution is 6.05. The normalized spacial score (nSPS) is 37.5. The number of likely N-dealkylation sites (N-methyl/N-ethyl adjacent to an activating group) is 1. The van der Waals surface area contributed by atoms with E-state index in [4.69, 9.17) is 0 Å². The average Bonchev–Trinajstić information content (AvgIpc) is 2.56. The second-order valence-electron chi connectivity index (χ2n) is 5.64. The zero-order chi connectivity index (χ0) is 12.9. The van der Waals surface area contributed by atoms with Gasteiger partial charge in [-0.1, -0.05) is 6.42 Å². The zero-order valence-corrected chi connectivity index (χ0v) is 10.6. The second-order valence-corrected chi connectivity index (χ2v) is 5.64. The maximum atomic E-state index is 12.1. The summed E-state index contributed by atoms with van der Waals surface area (Å²) < 4.78 is 0. The summed E-state index contributed by atoms with van der Waals surface area (Å²) in [6, 6.07) is 0.0439. The Morgan fingerprint density at radius 3 is 2.11 bits per heavy atom. The first kappa shape index (κ1) is 11.8. The van der Waals surface area contributed by atoms with Gasteiger partial charge in [-0.3, -0.25) is 24.2 Å². The topological polar surface area (TPSA) is 57.7 Å². The van der Waals surface area contributed by atoms with Gasteiger partial charge in [-0.25, -0.2) is 0 Å². The van der Waals surface area contributed by atoms with Gasteiger partial charge in [0.1, 0.15) is 5.78 Å². The molecule has 0 aromatic heterocycles. The van der Waals surface area contributed by atoms with Crippen LogP contribution in [0.4, 0.5) is 0 Å². The number of amides is 2. The smallest absolute Gasteiger partial charge is 0.246 e. The van der Waals surface area contributed by atoms with E-state index in [1.54, 1.807) is 7.05 Å². The van der Waals surface area contributed by atoms with E-state index < -0.39 is 0 Å². The highest BCUT2D eigenvalue weighted by Crippen LogP contribution is 2.36. The first-order valence-corrected chi connectivity index (χ1v) is 6.67. The maximum absolute atomic E-state index is 12.1. The molecule has 18 heavy (non-hydrogen) atoms. The SMILES string of the molecule is CN1C(=O)CC(N2C3CCCC2CC(=O)C3)C1=O. The number of fused-ring (bicyclic) bond motifs is 2. The van der Waals surface area contributed by atoms with Gasteiger partial charge in [0.2, 0.25) is 11.8 Å². The van der Waals surface area contributed by atoms with Crippen molar-refractivity contribution in [3.8, 4) is 0 Å². The predicted octanol–water partition coefficient (Wildman–Crippen LogP) is 0.330. The number of carbonyl (C=O) groups excluding carboxylic acids is 3. The van der Waals surface area contributed by atoms with E-state index in [9.17, 15) is 14.4 Å². The Bertz CT molecular complexity index is 404. The van der Waals surface area contributed by atoms with Crippen molar-refractivity contribution in [1.29, 1.82) is 0 Å². The summed E-state index contributed by atoms with van der Waals surface area (Å²) >= 11 is 0. The molecule has 2 bridgehead atoms. The number of likely N-dealkylation sites (tertiary alicyclic amines) is 1. The summed E-state index contributed by atoms with van der Waals surface area (Å²) in [5, 5.41) is 0. The van der Waals surface area contributed by atoms with Crippen LogP contribution in [0.1, 0.15) is 38.5 Å². The van der Waals surface area contributed by atoms with Gasteiger partial charge in [-0.2, -0.15) is 0 Å². The molecular formula is C13H18N2O3. The molecule has 0 spiro atoms. The minimum absolute atomic E-state index is 0.0914. The molecule has 3 aliphatic rings. The molecule has 5 heteroatoms. The third-order valence-electron chi connectivity index (χ3n) is 4.56. The zero-order valence-electron chi connectivity index (χ0n) is 10.6. The molecule has 0 saturated carbocycles. The number of nitrogens with zero attached hydrogens (tertiary/aromatic N) is 2. The summed E-state index contributed by atoms with van der Waals surface area (Å²) in [6.07, 6.45) is 4.48. The Morgan fingerprint density at radius 1 is 1.00 bits per heavy atom. The Hall–Kier alpha value is -1.23. The van der Waals surface area contributed by atoms with Crippen molar-refractivity contribution in [2.24, 2.45) is 0 Å². The molecule has 3 unspecified atom stereocenters. The monoisotopic (exact) mass is 250 g/mol. The molecule has 3 atom stereocenters. The Morgan fingerprint density at radius 2 is 1.61 bits per heavy atom. The second kappa shape index (κ2) is 4.16. The molecule has 0 N–H and O–H groups in total. The van der Waals surface area contributed by atoms with Gasteiger partial charge in [-0.05, 0) is 12.8 Å². The van der Waals surface area contributed by atoms with Crippen LogP contribution in [0.2, 0.25) is 0 Å². The van der Waals surface area contributed by atoms with Gasteiger partial charge in [0.25, 0.3) is 0 Å². The van der Waals surface area contributed by atoms with Gasteiger partial charge in [0.15, 0.2) is 0 Å². The van der Waals surface area contributed by atoms with Crippen molar-refractivity contribution in [3.05, 3.63) is 0 Å². The molecule has 0 aliphatic carbocycles. The summed E-state index contributed by atoms with van der Waals surface area (Å²) in [4.78, 5) is 38.8. The van der Waals surface area contributed by atoms with Crippen molar-refractivity contribution in [2.75, 3.05) is 7.05 Å². The van der Waals surface area contributed by atoms with E-state index >= 15 is 0 Å². The van der Waals surface area contributed by atoms with Crippen molar-refractivity contribution < 1.29 is 14.4 Å². The van der Waals surface area contributed by atoms with E-state index in [0.717, 1.165) is 19.3 Å². The van der Waals surface area contributed by atoms with E-state index in [1.165, 1.54) is 4.90 Å². The molecule has 2 amide bonds. The predicted molar refractivity (Wildman–Crippen MR) is 63.7 cm³/mol. The van der Waals surface area contributed by atoms with Crippen LogP contribution in [0.15, 0.2) is 0 Å². The van der Waals surface area contributed by atoms with Gasteiger partial charge in [-0.15, -0.1) is 0 Å². The third-order valence-corrected chi connectivity index (χ3v) is 4.56. The van der Waals surface area contributed by atoms with E-state index in [0.29, 0.717) is 18.6 Å². The number of imide groups is 1. The molecule has 3 aliphatic heterocycles. The lowest BCUT2D eigenvalue weighted by atomic mass is 9.82. The molecule has 5 nitrogen and oxygen atoms in total. The lowest BCUT2D eigenvalue weighted by Gasteiger charge is -2.47. The van der Waals surface area contributed by atoms with E-state index in [-0.39, 0.29) is 36.4 Å². The fourth-order valence-electron chi connectivity index (χ4n) is 3.69. The number of rotatable bonds is 1. The number of piperidine rings is 2. The number of hydrogen-bond donors (Lipinski definition) is 0. The van der Waals surface area contributed by atoms with Gasteiger partial charge in [0.05, 0.1) is 12.5 Å². The van der Waals surface area contributed by atoms with Crippen LogP contribution >= 0.6 is 0 Å². The highest BCUT2D eigenvalue weighted by Gasteiger charge is 2.48. The molecule has 98 valence electrons. The quantitative estimate of drug-likeness (QED) is 0.629. The molecule has 3 rings (SSSR count). The molecule has 3 heterocycles. The third kappa shape index (κ3) is 1.68. The number of hydrogen-bond acceptors (Lipinski definition) is 4. The lowest BCUT2D eigenvalue weighted by Crippen LogP contribution is -2.58. The van der Waals surface area contributed by atoms with Crippen molar-refractivity contribution in [2.45, 2.75) is 56.7 Å². The van der Waals surface area contributed by atoms with Gasteiger partial charge >= 0.3 is 0 Å². The maximum Gasteiger partial charge on any atom is 0.246 e. The molecule has 0 aromatic carbocycles. The molecule has 0 aromatic rings. The number of Topliss-reactive ketones (excluding diaryl/α,β-unsaturated/α-hetero) is 1. The van der Waals surface area contributed by atoms with E-state index in [2.05, 4.69) is 4.90 Å². The Kier molecular flexibility index (Phi) is 2.73. The van der Waals surface area contributed by atoms with Crippen LogP contribution in [0.5, 0.6) is 0 Å². The fraction of sp³-hybridized carbons (Fsp3) is 0.769. The summed E-state index contributed by atoms with van der Waals surface area (Å²) in [5.41, 5.74) is 0. The first-order valence-electron chi connectivity index (χ1n) is 6.67. The Labute approximate surface area is 106 Å². The van der Waals surface area contributed by atoms with Crippen molar-refractivity contribution >= 4 is 17.6 Å². The van der Waals surface area contributed by atoms with Crippen LogP contribution < -0.4 is 0 Å². The van der Waals surface area contributed by atoms with Crippen LogP contribution in [-0.4, -0.2) is 52.6 Å². The minimum atomic E-state index is -0.314. The molecule has 3 fully saturated rings. The van der Waals surface area contributed by atoms with Crippen LogP contribution in [0.3, 0.4) is 0 Å². The van der Waals surface area contributed by atoms with E-state index in [1.807, 2.05) is 0 Å². The molecule has 0 radical (unpaired) electrons. The Balaban J connectivity index is 1.86. The summed E-state index contributed by atoms with van der Waals surface area (Å²) in [5.74, 6) is 0.122. The standard InChI is InChI=1S/C13H18N2O3/c1-14-12(17)7-11(13(14)18)15-8-3-2-4-9(15)6-10(16)5-8/h8-9,11H,2-7H2,1H3. The molecular weight excluding hydrogens is 232 g/mol. The van der Waals surface area contributed by atoms with Gasteiger partial charge < -0.3 is 0 Å². The summed E-state index contributed by atoms with van der Waals surface area (Å²) in [7, 11) is 1.55. The fourth-order valence-corrected chi connectivity index (χ4v) is 3.69. The van der Waals surface area contributed by atoms with Crippen LogP contribution in [-0.2, 0) is 14.4 Å². The minimum Gasteiger partial charge on any atom is -0.300 e. The first-order chi connectivity index (χ1) is 8.58. The summed E-state index contributed by atoms with van der Waals surface area (Å²) in [6.45, 7) is 0. The molecule has 3 saturated heterocycles. The number of ketones is 1. The number of carbonyl (C=O) groups is 3. The average molecular weight is 250 g/mol. The van der Waals surface area contributed by atoms with Crippen molar-refractivity contribution in [3.63, 3.8) is 0 Å². The van der Waals surface area contributed by atoms with Crippen LogP contribution in [0.25, 0.3) is 0 Å².